The van der Waals surface area contributed by atoms with Crippen LogP contribution in [-0.2, 0) is 22.6 Å². The van der Waals surface area contributed by atoms with Crippen molar-refractivity contribution in [3.8, 4) is 9.88 Å². The van der Waals surface area contributed by atoms with Crippen LogP contribution in [0.25, 0.3) is 9.88 Å². The molecule has 1 saturated heterocycles. The van der Waals surface area contributed by atoms with Crippen LogP contribution in [0.5, 0.6) is 0 Å². The molecule has 0 aliphatic carbocycles. The fourth-order valence-corrected chi connectivity index (χ4v) is 5.14. The third-order valence-corrected chi connectivity index (χ3v) is 7.14. The molecule has 8 heteroatoms. The van der Waals surface area contributed by atoms with Gasteiger partial charge in [0.1, 0.15) is 10.8 Å². The molecule has 4 rings (SSSR count). The first kappa shape index (κ1) is 20.7. The van der Waals surface area contributed by atoms with Gasteiger partial charge in [-0.2, -0.15) is 0 Å². The van der Waals surface area contributed by atoms with Crippen molar-refractivity contribution in [3.05, 3.63) is 64.2 Å². The van der Waals surface area contributed by atoms with Gasteiger partial charge in [0.25, 0.3) is 0 Å². The number of nitrogens with one attached hydrogen (secondary N) is 1. The summed E-state index contributed by atoms with van der Waals surface area (Å²) in [6.45, 7) is 1.55. The van der Waals surface area contributed by atoms with Crippen molar-refractivity contribution in [3.63, 3.8) is 0 Å². The van der Waals surface area contributed by atoms with Gasteiger partial charge in [0.15, 0.2) is 0 Å². The number of thiophene rings is 1. The molecule has 0 atom stereocenters. The Morgan fingerprint density at radius 2 is 1.90 bits per heavy atom. The van der Waals surface area contributed by atoms with Crippen LogP contribution in [0.2, 0.25) is 0 Å². The number of hydrogen-bond donors (Lipinski definition) is 1. The molecule has 5 nitrogen and oxygen atoms in total. The number of rotatable bonds is 6. The Labute approximate surface area is 182 Å². The number of aromatic nitrogens is 1. The molecular formula is C22H22FN3O2S2. The van der Waals surface area contributed by atoms with E-state index in [-0.39, 0.29) is 30.0 Å². The van der Waals surface area contributed by atoms with E-state index in [1.807, 2.05) is 22.9 Å². The Balaban J connectivity index is 1.22. The van der Waals surface area contributed by atoms with Gasteiger partial charge in [-0.1, -0.05) is 18.2 Å². The zero-order valence-corrected chi connectivity index (χ0v) is 18.0. The molecule has 30 heavy (non-hydrogen) atoms. The summed E-state index contributed by atoms with van der Waals surface area (Å²) in [5.41, 5.74) is 1.66. The number of nitrogens with zero attached hydrogens (tertiary/aromatic N) is 2. The summed E-state index contributed by atoms with van der Waals surface area (Å²) in [6, 6.07) is 10.0. The van der Waals surface area contributed by atoms with Crippen molar-refractivity contribution >= 4 is 34.5 Å². The van der Waals surface area contributed by atoms with Crippen LogP contribution in [0, 0.1) is 11.7 Å². The predicted octanol–water partition coefficient (Wildman–Crippen LogP) is 4.11. The average Bonchev–Trinajstić information content (AvgIpc) is 3.45. The first-order valence-electron chi connectivity index (χ1n) is 9.86. The van der Waals surface area contributed by atoms with Crippen LogP contribution in [0.4, 0.5) is 4.39 Å². The molecule has 0 bridgehead atoms. The van der Waals surface area contributed by atoms with Crippen LogP contribution in [0.15, 0.2) is 47.2 Å². The fourth-order valence-electron chi connectivity index (χ4n) is 3.50. The molecule has 0 spiro atoms. The molecule has 1 fully saturated rings. The lowest BCUT2D eigenvalue weighted by atomic mass is 9.95. The number of carbonyl (C=O) groups excluding carboxylic acids is 2. The first-order valence-corrected chi connectivity index (χ1v) is 11.6. The molecule has 1 aromatic carbocycles. The first-order chi connectivity index (χ1) is 14.6. The third kappa shape index (κ3) is 5.12. The zero-order chi connectivity index (χ0) is 20.9. The smallest absolute Gasteiger partial charge is 0.226 e. The lowest BCUT2D eigenvalue weighted by molar-refractivity contribution is -0.135. The van der Waals surface area contributed by atoms with Crippen LogP contribution in [0.1, 0.15) is 24.1 Å². The molecule has 156 valence electrons. The minimum atomic E-state index is -0.307. The molecule has 2 amide bonds. The van der Waals surface area contributed by atoms with Crippen molar-refractivity contribution in [1.82, 2.24) is 15.2 Å². The van der Waals surface area contributed by atoms with Crippen LogP contribution < -0.4 is 5.32 Å². The number of hydrogen-bond acceptors (Lipinski definition) is 5. The Morgan fingerprint density at radius 3 is 2.60 bits per heavy atom. The van der Waals surface area contributed by atoms with E-state index in [9.17, 15) is 14.0 Å². The molecule has 3 heterocycles. The molecule has 0 saturated carbocycles. The predicted molar refractivity (Wildman–Crippen MR) is 117 cm³/mol. The number of piperidine rings is 1. The van der Waals surface area contributed by atoms with Gasteiger partial charge in [-0.3, -0.25) is 9.59 Å². The summed E-state index contributed by atoms with van der Waals surface area (Å²) in [7, 11) is 0. The molecule has 1 aliphatic rings. The number of carbonyl (C=O) groups is 2. The summed E-state index contributed by atoms with van der Waals surface area (Å²) in [5.74, 6) is -0.357. The number of thiazole rings is 1. The zero-order valence-electron chi connectivity index (χ0n) is 16.3. The minimum Gasteiger partial charge on any atom is -0.350 e. The number of amides is 2. The highest BCUT2D eigenvalue weighted by atomic mass is 32.1. The van der Waals surface area contributed by atoms with Gasteiger partial charge in [0.2, 0.25) is 11.8 Å². The standard InChI is InChI=1S/C22H22FN3O2S2/c23-17-5-3-15(4-6-17)12-20(27)26-9-7-16(8-10-26)21(28)24-13-18-14-30-22(25-18)19-2-1-11-29-19/h1-6,11,14,16H,7-10,12-13H2,(H,24,28). The number of benzene rings is 1. The maximum Gasteiger partial charge on any atom is 0.226 e. The molecule has 1 aliphatic heterocycles. The number of likely N-dealkylation sites (tertiary alicyclic amines) is 1. The van der Waals surface area contributed by atoms with E-state index in [0.29, 0.717) is 32.5 Å². The van der Waals surface area contributed by atoms with Crippen LogP contribution >= 0.6 is 22.7 Å². The van der Waals surface area contributed by atoms with Crippen molar-refractivity contribution < 1.29 is 14.0 Å². The monoisotopic (exact) mass is 443 g/mol. The van der Waals surface area contributed by atoms with Gasteiger partial charge < -0.3 is 10.2 Å². The summed E-state index contributed by atoms with van der Waals surface area (Å²) >= 11 is 3.23. The maximum absolute atomic E-state index is 13.0. The van der Waals surface area contributed by atoms with E-state index in [2.05, 4.69) is 10.3 Å². The summed E-state index contributed by atoms with van der Waals surface area (Å²) in [5, 5.41) is 7.96. The lowest BCUT2D eigenvalue weighted by Gasteiger charge is -2.31. The molecule has 0 unspecified atom stereocenters. The summed E-state index contributed by atoms with van der Waals surface area (Å²) in [6.07, 6.45) is 1.56. The largest absolute Gasteiger partial charge is 0.350 e. The Kier molecular flexibility index (Phi) is 6.54. The fraction of sp³-hybridized carbons (Fsp3) is 0.318. The second-order valence-corrected chi connectivity index (χ2v) is 9.10. The van der Waals surface area contributed by atoms with Gasteiger partial charge in [0, 0.05) is 24.4 Å². The summed E-state index contributed by atoms with van der Waals surface area (Å²) in [4.78, 5) is 32.5. The van der Waals surface area contributed by atoms with E-state index in [0.717, 1.165) is 21.1 Å². The third-order valence-electron chi connectivity index (χ3n) is 5.21. The highest BCUT2D eigenvalue weighted by Crippen LogP contribution is 2.27. The Morgan fingerprint density at radius 1 is 1.13 bits per heavy atom. The highest BCUT2D eigenvalue weighted by Gasteiger charge is 2.27. The quantitative estimate of drug-likeness (QED) is 0.624. The van der Waals surface area contributed by atoms with Crippen molar-refractivity contribution in [2.45, 2.75) is 25.8 Å². The second kappa shape index (κ2) is 9.49. The molecule has 2 aromatic heterocycles. The van der Waals surface area contributed by atoms with E-state index in [1.54, 1.807) is 39.7 Å². The van der Waals surface area contributed by atoms with Crippen molar-refractivity contribution in [2.24, 2.45) is 5.92 Å². The molecule has 1 N–H and O–H groups in total. The average molecular weight is 444 g/mol. The minimum absolute atomic E-state index is 0.0176. The van der Waals surface area contributed by atoms with E-state index < -0.39 is 0 Å². The van der Waals surface area contributed by atoms with E-state index >= 15 is 0 Å². The molecular weight excluding hydrogens is 421 g/mol. The SMILES string of the molecule is O=C(NCc1csc(-c2cccs2)n1)C1CCN(C(=O)Cc2ccc(F)cc2)CC1. The highest BCUT2D eigenvalue weighted by molar-refractivity contribution is 7.20. The summed E-state index contributed by atoms with van der Waals surface area (Å²) < 4.78 is 13.0. The number of halogens is 1. The topological polar surface area (TPSA) is 62.3 Å². The van der Waals surface area contributed by atoms with Gasteiger partial charge >= 0.3 is 0 Å². The van der Waals surface area contributed by atoms with Gasteiger partial charge in [-0.25, -0.2) is 9.37 Å². The Hall–Kier alpha value is -2.58. The Bertz CT molecular complexity index is 994. The molecule has 3 aromatic rings. The molecule has 0 radical (unpaired) electrons. The van der Waals surface area contributed by atoms with Gasteiger partial charge in [-0.15, -0.1) is 22.7 Å². The second-order valence-electron chi connectivity index (χ2n) is 7.30. The van der Waals surface area contributed by atoms with Crippen molar-refractivity contribution in [2.75, 3.05) is 13.1 Å². The maximum atomic E-state index is 13.0. The van der Waals surface area contributed by atoms with Gasteiger partial charge in [-0.05, 0) is 42.0 Å². The van der Waals surface area contributed by atoms with E-state index in [4.69, 9.17) is 0 Å². The van der Waals surface area contributed by atoms with Crippen molar-refractivity contribution in [1.29, 1.82) is 0 Å². The van der Waals surface area contributed by atoms with Crippen LogP contribution in [0.3, 0.4) is 0 Å². The van der Waals surface area contributed by atoms with Crippen LogP contribution in [-0.4, -0.2) is 34.8 Å². The lowest BCUT2D eigenvalue weighted by Crippen LogP contribution is -2.43. The van der Waals surface area contributed by atoms with E-state index in [1.165, 1.54) is 12.1 Å². The normalized spacial score (nSPS) is 14.6. The van der Waals surface area contributed by atoms with Gasteiger partial charge in [0.05, 0.1) is 23.5 Å².